The molecule has 3 atom stereocenters. The van der Waals surface area contributed by atoms with E-state index in [9.17, 15) is 15.0 Å². The van der Waals surface area contributed by atoms with Crippen molar-refractivity contribution in [2.75, 3.05) is 31.9 Å². The Morgan fingerprint density at radius 1 is 1.11 bits per heavy atom. The minimum atomic E-state index is -1.10. The van der Waals surface area contributed by atoms with Crippen molar-refractivity contribution < 1.29 is 15.0 Å². The summed E-state index contributed by atoms with van der Waals surface area (Å²) >= 11 is 0. The van der Waals surface area contributed by atoms with E-state index in [1.165, 1.54) is 0 Å². The third-order valence-electron chi connectivity index (χ3n) is 2.78. The number of nitrogens with one attached hydrogen (secondary N) is 2. The summed E-state index contributed by atoms with van der Waals surface area (Å²) in [5.41, 5.74) is -0.494. The van der Waals surface area contributed by atoms with E-state index >= 15 is 0 Å². The first-order chi connectivity index (χ1) is 8.55. The number of hydrogen-bond donors (Lipinski definition) is 4. The van der Waals surface area contributed by atoms with E-state index in [2.05, 4.69) is 10.6 Å². The Balaban J connectivity index is 4.38. The minimum Gasteiger partial charge on any atom is -0.391 e. The zero-order valence-corrected chi connectivity index (χ0v) is 13.8. The first kappa shape index (κ1) is 18.7. The molecule has 116 valence electrons. The van der Waals surface area contributed by atoms with Crippen LogP contribution in [0.2, 0.25) is 0 Å². The number of amides is 1. The van der Waals surface area contributed by atoms with E-state index in [0.29, 0.717) is 19.0 Å². The van der Waals surface area contributed by atoms with Crippen molar-refractivity contribution in [3.8, 4) is 0 Å². The number of carbonyl (C=O) groups excluding carboxylic acids is 1. The van der Waals surface area contributed by atoms with E-state index in [1.54, 1.807) is 6.92 Å². The summed E-state index contributed by atoms with van der Waals surface area (Å²) in [7, 11) is -1.10. The molecule has 5 nitrogen and oxygen atoms in total. The fourth-order valence-corrected chi connectivity index (χ4v) is 1.97. The average molecular weight is 294 g/mol. The van der Waals surface area contributed by atoms with Gasteiger partial charge >= 0.3 is 0 Å². The van der Waals surface area contributed by atoms with Gasteiger partial charge in [0.25, 0.3) is 0 Å². The lowest BCUT2D eigenvalue weighted by atomic mass is 10.1. The van der Waals surface area contributed by atoms with Crippen molar-refractivity contribution in [3.63, 3.8) is 0 Å². The fourth-order valence-electron chi connectivity index (χ4n) is 1.37. The zero-order chi connectivity index (χ0) is 15.2. The van der Waals surface area contributed by atoms with Crippen molar-refractivity contribution in [2.24, 2.45) is 5.92 Å². The molecule has 19 heavy (non-hydrogen) atoms. The molecule has 4 N–H and O–H groups in total. The van der Waals surface area contributed by atoms with Crippen molar-refractivity contribution in [1.29, 1.82) is 0 Å². The molecule has 0 saturated carbocycles. The van der Waals surface area contributed by atoms with Crippen molar-refractivity contribution in [3.05, 3.63) is 0 Å². The molecule has 3 unspecified atom stereocenters. The molecule has 0 aromatic carbocycles. The molecule has 0 aliphatic carbocycles. The van der Waals surface area contributed by atoms with Crippen LogP contribution in [0.25, 0.3) is 0 Å². The Bertz CT molecular complexity index is 278. The molecule has 0 aliphatic heterocycles. The highest BCUT2D eigenvalue weighted by Crippen LogP contribution is 2.38. The van der Waals surface area contributed by atoms with Crippen LogP contribution in [0, 0.1) is 5.92 Å². The monoisotopic (exact) mass is 294 g/mol. The van der Waals surface area contributed by atoms with Gasteiger partial charge in [-0.2, -0.15) is 0 Å². The molecular weight excluding hydrogens is 264 g/mol. The van der Waals surface area contributed by atoms with Crippen LogP contribution in [0.1, 0.15) is 20.8 Å². The lowest BCUT2D eigenvalue weighted by Gasteiger charge is -2.33. The standard InChI is InChI=1S/C13H30N2O3S/c1-9(2)7-15-13(18)12(10(3)16)14-8-11(17)19(4,5)6/h9-12,14,16-17H,7-8H2,1-6H3,(H,15,18). The van der Waals surface area contributed by atoms with Gasteiger partial charge in [0.2, 0.25) is 5.91 Å². The first-order valence-electron chi connectivity index (χ1n) is 6.60. The topological polar surface area (TPSA) is 81.6 Å². The van der Waals surface area contributed by atoms with Gasteiger partial charge < -0.3 is 20.8 Å². The molecule has 0 aliphatic rings. The van der Waals surface area contributed by atoms with E-state index < -0.39 is 27.6 Å². The summed E-state index contributed by atoms with van der Waals surface area (Å²) in [4.78, 5) is 11.9. The lowest BCUT2D eigenvalue weighted by molar-refractivity contribution is -0.125. The number of rotatable bonds is 8. The Morgan fingerprint density at radius 3 is 2.00 bits per heavy atom. The van der Waals surface area contributed by atoms with E-state index in [1.807, 2.05) is 32.6 Å². The normalized spacial score (nSPS) is 17.9. The molecule has 0 bridgehead atoms. The van der Waals surface area contributed by atoms with Crippen molar-refractivity contribution >= 4 is 15.9 Å². The van der Waals surface area contributed by atoms with Crippen LogP contribution in [0.15, 0.2) is 0 Å². The zero-order valence-electron chi connectivity index (χ0n) is 12.9. The lowest BCUT2D eigenvalue weighted by Crippen LogP contribution is -2.52. The Kier molecular flexibility index (Phi) is 7.96. The molecule has 0 fully saturated rings. The van der Waals surface area contributed by atoms with E-state index in [4.69, 9.17) is 0 Å². The van der Waals surface area contributed by atoms with Crippen LogP contribution in [0.4, 0.5) is 0 Å². The van der Waals surface area contributed by atoms with Crippen molar-refractivity contribution in [1.82, 2.24) is 10.6 Å². The van der Waals surface area contributed by atoms with Crippen LogP contribution in [0.5, 0.6) is 0 Å². The maximum Gasteiger partial charge on any atom is 0.239 e. The van der Waals surface area contributed by atoms with E-state index in [-0.39, 0.29) is 5.91 Å². The molecule has 0 radical (unpaired) electrons. The molecule has 0 aromatic rings. The van der Waals surface area contributed by atoms with Crippen LogP contribution in [-0.2, 0) is 4.79 Å². The number of aliphatic hydroxyl groups is 2. The third kappa shape index (κ3) is 7.77. The van der Waals surface area contributed by atoms with Gasteiger partial charge in [0.1, 0.15) is 6.04 Å². The van der Waals surface area contributed by atoms with E-state index in [0.717, 1.165) is 0 Å². The van der Waals surface area contributed by atoms with Gasteiger partial charge in [-0.1, -0.05) is 13.8 Å². The summed E-state index contributed by atoms with van der Waals surface area (Å²) in [5, 5.41) is 25.4. The largest absolute Gasteiger partial charge is 0.391 e. The quantitative estimate of drug-likeness (QED) is 0.512. The number of carbonyl (C=O) groups is 1. The van der Waals surface area contributed by atoms with Gasteiger partial charge in [0.05, 0.1) is 11.5 Å². The summed E-state index contributed by atoms with van der Waals surface area (Å²) in [5.74, 6) is 0.142. The average Bonchev–Trinajstić information content (AvgIpc) is 2.24. The second-order valence-corrected chi connectivity index (χ2v) is 10.6. The maximum absolute atomic E-state index is 11.9. The third-order valence-corrected chi connectivity index (χ3v) is 4.58. The predicted octanol–water partition coefficient (Wildman–Crippen LogP) is 0.110. The summed E-state index contributed by atoms with van der Waals surface area (Å²) in [6.07, 6.45) is 5.23. The molecule has 0 heterocycles. The highest BCUT2D eigenvalue weighted by atomic mass is 32.3. The summed E-state index contributed by atoms with van der Waals surface area (Å²) in [6, 6.07) is -0.685. The van der Waals surface area contributed by atoms with Crippen molar-refractivity contribution in [2.45, 2.75) is 38.4 Å². The second kappa shape index (κ2) is 8.09. The highest BCUT2D eigenvalue weighted by Gasteiger charge is 2.25. The molecule has 0 saturated heterocycles. The molecule has 0 spiro atoms. The minimum absolute atomic E-state index is 0.222. The maximum atomic E-state index is 11.9. The SMILES string of the molecule is CC(C)CNC(=O)C(NCC(O)S(C)(C)C)C(C)O. The van der Waals surface area contributed by atoms with Gasteiger partial charge in [-0.3, -0.25) is 4.79 Å². The number of aliphatic hydroxyl groups excluding tert-OH is 2. The Hall–Kier alpha value is -0.300. The molecular formula is C13H30N2O3S. The molecule has 0 aromatic heterocycles. The van der Waals surface area contributed by atoms with Gasteiger partial charge in [-0.05, 0) is 31.6 Å². The Labute approximate surface area is 118 Å². The molecule has 6 heteroatoms. The van der Waals surface area contributed by atoms with Gasteiger partial charge in [0, 0.05) is 13.1 Å². The molecule has 0 rings (SSSR count). The van der Waals surface area contributed by atoms with Crippen LogP contribution in [0.3, 0.4) is 0 Å². The fraction of sp³-hybridized carbons (Fsp3) is 0.923. The smallest absolute Gasteiger partial charge is 0.239 e. The van der Waals surface area contributed by atoms with Crippen LogP contribution < -0.4 is 10.6 Å². The van der Waals surface area contributed by atoms with Crippen LogP contribution in [-0.4, -0.2) is 65.6 Å². The van der Waals surface area contributed by atoms with Gasteiger partial charge in [-0.25, -0.2) is 10.0 Å². The van der Waals surface area contributed by atoms with Crippen LogP contribution >= 0.6 is 10.0 Å². The summed E-state index contributed by atoms with van der Waals surface area (Å²) < 4.78 is 0. The van der Waals surface area contributed by atoms with Gasteiger partial charge in [0.15, 0.2) is 0 Å². The molecule has 1 amide bonds. The van der Waals surface area contributed by atoms with Gasteiger partial charge in [-0.15, -0.1) is 0 Å². The number of hydrogen-bond acceptors (Lipinski definition) is 4. The summed E-state index contributed by atoms with van der Waals surface area (Å²) in [6.45, 7) is 6.48. The predicted molar refractivity (Wildman–Crippen MR) is 82.7 cm³/mol. The first-order valence-corrected chi connectivity index (χ1v) is 9.52. The highest BCUT2D eigenvalue weighted by molar-refractivity contribution is 8.32. The Morgan fingerprint density at radius 2 is 1.63 bits per heavy atom. The second-order valence-electron chi connectivity index (χ2n) is 6.15.